The Morgan fingerprint density at radius 3 is 2.65 bits per heavy atom. The van der Waals surface area contributed by atoms with E-state index in [1.807, 2.05) is 0 Å². The third-order valence-electron chi connectivity index (χ3n) is 1.99. The molecule has 0 fully saturated rings. The molecule has 0 spiro atoms. The van der Waals surface area contributed by atoms with E-state index in [1.165, 1.54) is 13.1 Å². The van der Waals surface area contributed by atoms with Crippen LogP contribution in [0.4, 0.5) is 0 Å². The zero-order valence-corrected chi connectivity index (χ0v) is 10.0. The molecule has 0 atom stereocenters. The molecule has 0 aliphatic carbocycles. The van der Waals surface area contributed by atoms with Gasteiger partial charge in [0.05, 0.1) is 4.90 Å². The average Bonchev–Trinajstić information content (AvgIpc) is 2.29. The number of carbonyl (C=O) groups is 1. The van der Waals surface area contributed by atoms with Gasteiger partial charge < -0.3 is 10.3 Å². The maximum Gasteiger partial charge on any atom is 0.247 e. The van der Waals surface area contributed by atoms with Crippen molar-refractivity contribution >= 4 is 15.9 Å². The molecular weight excluding hydrogens is 246 g/mol. The summed E-state index contributed by atoms with van der Waals surface area (Å²) in [5.41, 5.74) is -0.380. The first-order valence-corrected chi connectivity index (χ1v) is 6.33. The summed E-state index contributed by atoms with van der Waals surface area (Å²) in [6.07, 6.45) is 1.16. The lowest BCUT2D eigenvalue weighted by Crippen LogP contribution is -2.29. The molecule has 0 saturated heterocycles. The second kappa shape index (κ2) is 5.60. The maximum absolute atomic E-state index is 11.6. The average molecular weight is 259 g/mol. The zero-order chi connectivity index (χ0) is 12.9. The Morgan fingerprint density at radius 1 is 1.41 bits per heavy atom. The van der Waals surface area contributed by atoms with E-state index in [0.717, 1.165) is 12.3 Å². The second-order valence-corrected chi connectivity index (χ2v) is 4.98. The quantitative estimate of drug-likeness (QED) is 0.616. The van der Waals surface area contributed by atoms with Crippen molar-refractivity contribution in [3.63, 3.8) is 0 Å². The number of aromatic amines is 1. The number of pyridine rings is 1. The normalized spacial score (nSPS) is 11.1. The Hall–Kier alpha value is -1.67. The van der Waals surface area contributed by atoms with Crippen molar-refractivity contribution < 1.29 is 13.2 Å². The van der Waals surface area contributed by atoms with Gasteiger partial charge in [-0.05, 0) is 6.07 Å². The van der Waals surface area contributed by atoms with E-state index in [0.29, 0.717) is 0 Å². The molecule has 7 nitrogen and oxygen atoms in total. The molecule has 1 heterocycles. The van der Waals surface area contributed by atoms with Gasteiger partial charge in [0.15, 0.2) is 0 Å². The summed E-state index contributed by atoms with van der Waals surface area (Å²) >= 11 is 0. The highest BCUT2D eigenvalue weighted by Gasteiger charge is 2.13. The van der Waals surface area contributed by atoms with Crippen molar-refractivity contribution in [3.8, 4) is 0 Å². The van der Waals surface area contributed by atoms with Gasteiger partial charge in [0, 0.05) is 32.3 Å². The van der Waals surface area contributed by atoms with Gasteiger partial charge in [0.1, 0.15) is 0 Å². The number of nitrogens with one attached hydrogen (secondary N) is 3. The monoisotopic (exact) mass is 259 g/mol. The molecule has 8 heteroatoms. The van der Waals surface area contributed by atoms with Crippen LogP contribution >= 0.6 is 0 Å². The summed E-state index contributed by atoms with van der Waals surface area (Å²) in [7, 11) is -2.21. The number of aromatic nitrogens is 1. The minimum Gasteiger partial charge on any atom is -0.359 e. The Balaban J connectivity index is 2.66. The van der Waals surface area contributed by atoms with E-state index in [1.54, 1.807) is 0 Å². The van der Waals surface area contributed by atoms with Crippen LogP contribution in [0.5, 0.6) is 0 Å². The molecule has 1 aromatic rings. The first-order valence-electron chi connectivity index (χ1n) is 4.84. The molecule has 3 N–H and O–H groups in total. The molecule has 1 aromatic heterocycles. The predicted octanol–water partition coefficient (Wildman–Crippen LogP) is -1.21. The van der Waals surface area contributed by atoms with Gasteiger partial charge >= 0.3 is 0 Å². The van der Waals surface area contributed by atoms with Gasteiger partial charge in [0.25, 0.3) is 0 Å². The van der Waals surface area contributed by atoms with Crippen molar-refractivity contribution in [3.05, 3.63) is 28.7 Å². The maximum atomic E-state index is 11.6. The Bertz CT molecular complexity index is 529. The van der Waals surface area contributed by atoms with Gasteiger partial charge in [-0.2, -0.15) is 0 Å². The van der Waals surface area contributed by atoms with Crippen LogP contribution < -0.4 is 15.6 Å². The van der Waals surface area contributed by atoms with Gasteiger partial charge in [-0.3, -0.25) is 9.59 Å². The summed E-state index contributed by atoms with van der Waals surface area (Å²) in [4.78, 5) is 23.9. The number of amides is 1. The van der Waals surface area contributed by atoms with Crippen molar-refractivity contribution in [2.45, 2.75) is 11.3 Å². The zero-order valence-electron chi connectivity index (χ0n) is 9.19. The van der Waals surface area contributed by atoms with E-state index in [4.69, 9.17) is 0 Å². The van der Waals surface area contributed by atoms with Crippen LogP contribution in [-0.4, -0.2) is 32.9 Å². The number of hydrogen-bond donors (Lipinski definition) is 3. The molecule has 0 aliphatic heterocycles. The van der Waals surface area contributed by atoms with E-state index in [2.05, 4.69) is 15.0 Å². The molecule has 1 rings (SSSR count). The predicted molar refractivity (Wildman–Crippen MR) is 60.9 cm³/mol. The molecule has 0 radical (unpaired) electrons. The van der Waals surface area contributed by atoms with E-state index in [9.17, 15) is 18.0 Å². The lowest BCUT2D eigenvalue weighted by atomic mass is 10.4. The molecule has 0 unspecified atom stereocenters. The van der Waals surface area contributed by atoms with Crippen LogP contribution in [0.2, 0.25) is 0 Å². The summed E-state index contributed by atoms with van der Waals surface area (Å²) in [6, 6.07) is 2.31. The van der Waals surface area contributed by atoms with E-state index < -0.39 is 10.0 Å². The molecule has 0 aliphatic rings. The number of carbonyl (C=O) groups excluding carboxylic acids is 1. The van der Waals surface area contributed by atoms with Crippen molar-refractivity contribution in [1.29, 1.82) is 0 Å². The van der Waals surface area contributed by atoms with Gasteiger partial charge in [-0.25, -0.2) is 13.1 Å². The van der Waals surface area contributed by atoms with Crippen LogP contribution in [0.15, 0.2) is 28.0 Å². The Labute approximate surface area is 98.3 Å². The molecule has 0 bridgehead atoms. The standard InChI is InChI=1S/C9H13N3O4S/c1-10-8(13)4-5-12-17(15,16)7-2-3-9(14)11-6-7/h2-3,6,12H,4-5H2,1H3,(H,10,13)(H,11,14). The number of sulfonamides is 1. The molecule has 1 amide bonds. The fourth-order valence-corrected chi connectivity index (χ4v) is 2.07. The van der Waals surface area contributed by atoms with Crippen LogP contribution in [0.1, 0.15) is 6.42 Å². The highest BCUT2D eigenvalue weighted by atomic mass is 32.2. The topological polar surface area (TPSA) is 108 Å². The third-order valence-corrected chi connectivity index (χ3v) is 3.45. The molecular formula is C9H13N3O4S. The molecule has 0 saturated carbocycles. The van der Waals surface area contributed by atoms with Crippen molar-refractivity contribution in [2.75, 3.05) is 13.6 Å². The third kappa shape index (κ3) is 4.00. The summed E-state index contributed by atoms with van der Waals surface area (Å²) in [5, 5.41) is 2.38. The van der Waals surface area contributed by atoms with Crippen molar-refractivity contribution in [2.24, 2.45) is 0 Å². The Kier molecular flexibility index (Phi) is 4.41. The molecule has 17 heavy (non-hydrogen) atoms. The fourth-order valence-electron chi connectivity index (χ4n) is 1.07. The molecule has 94 valence electrons. The van der Waals surface area contributed by atoms with Crippen LogP contribution in [0.25, 0.3) is 0 Å². The SMILES string of the molecule is CNC(=O)CCNS(=O)(=O)c1ccc(=O)[nH]c1. The number of H-pyrrole nitrogens is 1. The number of rotatable bonds is 5. The highest BCUT2D eigenvalue weighted by molar-refractivity contribution is 7.89. The highest BCUT2D eigenvalue weighted by Crippen LogP contribution is 2.03. The second-order valence-electron chi connectivity index (χ2n) is 3.21. The van der Waals surface area contributed by atoms with Crippen molar-refractivity contribution in [1.82, 2.24) is 15.0 Å². The van der Waals surface area contributed by atoms with Crippen LogP contribution in [0.3, 0.4) is 0 Å². The van der Waals surface area contributed by atoms with Gasteiger partial charge in [-0.15, -0.1) is 0 Å². The minimum absolute atomic E-state index is 0.00112. The lowest BCUT2D eigenvalue weighted by Gasteiger charge is -2.05. The van der Waals surface area contributed by atoms with E-state index >= 15 is 0 Å². The van der Waals surface area contributed by atoms with Crippen LogP contribution in [0, 0.1) is 0 Å². The smallest absolute Gasteiger partial charge is 0.247 e. The molecule has 0 aromatic carbocycles. The fraction of sp³-hybridized carbons (Fsp3) is 0.333. The van der Waals surface area contributed by atoms with Gasteiger partial charge in [0.2, 0.25) is 21.5 Å². The van der Waals surface area contributed by atoms with Gasteiger partial charge in [-0.1, -0.05) is 0 Å². The minimum atomic E-state index is -3.68. The lowest BCUT2D eigenvalue weighted by molar-refractivity contribution is -0.120. The first kappa shape index (κ1) is 13.4. The Morgan fingerprint density at radius 2 is 2.12 bits per heavy atom. The summed E-state index contributed by atoms with van der Waals surface area (Å²) < 4.78 is 25.5. The van der Waals surface area contributed by atoms with E-state index in [-0.39, 0.29) is 29.3 Å². The largest absolute Gasteiger partial charge is 0.359 e. The summed E-state index contributed by atoms with van der Waals surface area (Å²) in [5.74, 6) is -0.255. The number of hydrogen-bond acceptors (Lipinski definition) is 4. The summed E-state index contributed by atoms with van der Waals surface area (Å²) in [6.45, 7) is 0.00112. The van der Waals surface area contributed by atoms with Crippen LogP contribution in [-0.2, 0) is 14.8 Å². The first-order chi connectivity index (χ1) is 7.95.